The van der Waals surface area contributed by atoms with Crippen LogP contribution in [0.15, 0.2) is 12.2 Å². The molecule has 5 heteroatoms. The van der Waals surface area contributed by atoms with Crippen LogP contribution in [0.5, 0.6) is 0 Å². The molecule has 3 N–H and O–H groups in total. The summed E-state index contributed by atoms with van der Waals surface area (Å²) >= 11 is 0. The van der Waals surface area contributed by atoms with E-state index in [2.05, 4.69) is 25.5 Å². The molecule has 2 rings (SSSR count). The minimum Gasteiger partial charge on any atom is -0.394 e. The molecule has 2 aliphatic rings. The molecule has 2 aliphatic heterocycles. The maximum Gasteiger partial charge on any atom is 0.237 e. The molecule has 2 heterocycles. The predicted molar refractivity (Wildman–Crippen MR) is 74.6 cm³/mol. The molecule has 2 saturated heterocycles. The third-order valence-electron chi connectivity index (χ3n) is 4.90. The molecule has 0 radical (unpaired) electrons. The van der Waals surface area contributed by atoms with Gasteiger partial charge in [-0.3, -0.25) is 14.6 Å². The molecular formula is C14H25N3O2. The van der Waals surface area contributed by atoms with Crippen molar-refractivity contribution >= 4 is 5.91 Å². The summed E-state index contributed by atoms with van der Waals surface area (Å²) in [6.45, 7) is 7.91. The van der Waals surface area contributed by atoms with Crippen LogP contribution in [-0.4, -0.2) is 65.2 Å². The molecule has 5 nitrogen and oxygen atoms in total. The number of amides is 1. The zero-order chi connectivity index (χ0) is 14.2. The number of nitrogens with two attached hydrogens (primary N) is 1. The molecule has 0 bridgehead atoms. The van der Waals surface area contributed by atoms with Crippen molar-refractivity contribution in [2.45, 2.75) is 43.8 Å². The first-order valence-corrected chi connectivity index (χ1v) is 7.02. The SMILES string of the molecule is C=C(CC)C1N([C@@H](CO)C(N)=O)CC12CCCN2C. The Morgan fingerprint density at radius 3 is 2.74 bits per heavy atom. The maximum absolute atomic E-state index is 11.5. The Morgan fingerprint density at radius 2 is 2.32 bits per heavy atom. The number of aliphatic hydroxyl groups is 1. The summed E-state index contributed by atoms with van der Waals surface area (Å²) < 4.78 is 0. The van der Waals surface area contributed by atoms with Gasteiger partial charge in [-0.05, 0) is 32.9 Å². The lowest BCUT2D eigenvalue weighted by atomic mass is 9.72. The van der Waals surface area contributed by atoms with E-state index in [4.69, 9.17) is 5.73 Å². The number of aliphatic hydroxyl groups excluding tert-OH is 1. The van der Waals surface area contributed by atoms with Gasteiger partial charge in [0.25, 0.3) is 0 Å². The monoisotopic (exact) mass is 267 g/mol. The van der Waals surface area contributed by atoms with Gasteiger partial charge in [-0.2, -0.15) is 0 Å². The fourth-order valence-electron chi connectivity index (χ4n) is 3.73. The van der Waals surface area contributed by atoms with Gasteiger partial charge in [0.1, 0.15) is 6.04 Å². The second-order valence-corrected chi connectivity index (χ2v) is 5.82. The molecule has 3 atom stereocenters. The number of nitrogens with zero attached hydrogens (tertiary/aromatic N) is 2. The number of likely N-dealkylation sites (tertiary alicyclic amines) is 2. The number of carbonyl (C=O) groups is 1. The predicted octanol–water partition coefficient (Wildman–Crippen LogP) is -0.0526. The number of primary amides is 1. The largest absolute Gasteiger partial charge is 0.394 e. The smallest absolute Gasteiger partial charge is 0.237 e. The molecular weight excluding hydrogens is 242 g/mol. The summed E-state index contributed by atoms with van der Waals surface area (Å²) in [5.74, 6) is -0.452. The Bertz CT molecular complexity index is 385. The van der Waals surface area contributed by atoms with Gasteiger partial charge in [-0.15, -0.1) is 0 Å². The van der Waals surface area contributed by atoms with Crippen molar-refractivity contribution in [3.05, 3.63) is 12.2 Å². The van der Waals surface area contributed by atoms with E-state index in [1.54, 1.807) is 0 Å². The van der Waals surface area contributed by atoms with Gasteiger partial charge >= 0.3 is 0 Å². The van der Waals surface area contributed by atoms with Crippen LogP contribution in [0.2, 0.25) is 0 Å². The molecule has 19 heavy (non-hydrogen) atoms. The number of carbonyl (C=O) groups excluding carboxylic acids is 1. The van der Waals surface area contributed by atoms with Gasteiger partial charge in [0.05, 0.1) is 18.2 Å². The van der Waals surface area contributed by atoms with Gasteiger partial charge in [0.2, 0.25) is 5.91 Å². The van der Waals surface area contributed by atoms with Crippen LogP contribution in [0.1, 0.15) is 26.2 Å². The molecule has 108 valence electrons. The van der Waals surface area contributed by atoms with Crippen molar-refractivity contribution in [2.75, 3.05) is 26.7 Å². The quantitative estimate of drug-likeness (QED) is 0.685. The van der Waals surface area contributed by atoms with E-state index in [-0.39, 0.29) is 18.2 Å². The summed E-state index contributed by atoms with van der Waals surface area (Å²) in [5.41, 5.74) is 6.62. The van der Waals surface area contributed by atoms with Crippen molar-refractivity contribution < 1.29 is 9.90 Å². The lowest BCUT2D eigenvalue weighted by Crippen LogP contribution is -2.77. The number of hydrogen-bond acceptors (Lipinski definition) is 4. The number of rotatable bonds is 5. The van der Waals surface area contributed by atoms with E-state index in [1.807, 2.05) is 4.90 Å². The van der Waals surface area contributed by atoms with Crippen molar-refractivity contribution in [2.24, 2.45) is 5.73 Å². The van der Waals surface area contributed by atoms with Crippen LogP contribution in [0.25, 0.3) is 0 Å². The fourth-order valence-corrected chi connectivity index (χ4v) is 3.73. The van der Waals surface area contributed by atoms with Crippen LogP contribution in [0.3, 0.4) is 0 Å². The zero-order valence-corrected chi connectivity index (χ0v) is 11.9. The highest BCUT2D eigenvalue weighted by Gasteiger charge is 2.59. The molecule has 0 aromatic heterocycles. The Morgan fingerprint density at radius 1 is 1.63 bits per heavy atom. The van der Waals surface area contributed by atoms with Crippen molar-refractivity contribution in [3.63, 3.8) is 0 Å². The zero-order valence-electron chi connectivity index (χ0n) is 11.9. The highest BCUT2D eigenvalue weighted by atomic mass is 16.3. The summed E-state index contributed by atoms with van der Waals surface area (Å²) in [5, 5.41) is 9.42. The average Bonchev–Trinajstić information content (AvgIpc) is 2.72. The summed E-state index contributed by atoms with van der Waals surface area (Å²) in [7, 11) is 2.14. The molecule has 0 saturated carbocycles. The van der Waals surface area contributed by atoms with E-state index in [1.165, 1.54) is 6.42 Å². The number of hydrogen-bond donors (Lipinski definition) is 2. The van der Waals surface area contributed by atoms with Gasteiger partial charge in [-0.1, -0.05) is 19.1 Å². The Labute approximate surface area is 115 Å². The molecule has 0 aromatic rings. The van der Waals surface area contributed by atoms with Gasteiger partial charge in [-0.25, -0.2) is 0 Å². The summed E-state index contributed by atoms with van der Waals surface area (Å²) in [4.78, 5) is 15.9. The molecule has 0 aromatic carbocycles. The molecule has 1 spiro atoms. The van der Waals surface area contributed by atoms with E-state index >= 15 is 0 Å². The Kier molecular flexibility index (Phi) is 3.99. The second-order valence-electron chi connectivity index (χ2n) is 5.82. The highest BCUT2D eigenvalue weighted by Crippen LogP contribution is 2.46. The van der Waals surface area contributed by atoms with Crippen LogP contribution >= 0.6 is 0 Å². The van der Waals surface area contributed by atoms with Gasteiger partial charge < -0.3 is 10.8 Å². The number of likely N-dealkylation sites (N-methyl/N-ethyl adjacent to an activating group) is 1. The topological polar surface area (TPSA) is 69.8 Å². The van der Waals surface area contributed by atoms with Crippen molar-refractivity contribution in [3.8, 4) is 0 Å². The molecule has 0 aliphatic carbocycles. The Balaban J connectivity index is 2.24. The standard InChI is InChI=1S/C14H25N3O2/c1-4-10(2)12-14(6-5-7-16(14)3)9-17(12)11(8-18)13(15)19/h11-12,18H,2,4-9H2,1,3H3,(H2,15,19)/t11-,12?,14?/m0/s1. The Hall–Kier alpha value is -0.910. The first kappa shape index (κ1) is 14.5. The maximum atomic E-state index is 11.5. The molecule has 2 fully saturated rings. The van der Waals surface area contributed by atoms with E-state index in [0.29, 0.717) is 0 Å². The lowest BCUT2D eigenvalue weighted by Gasteiger charge is -2.61. The van der Waals surface area contributed by atoms with E-state index in [9.17, 15) is 9.90 Å². The minimum atomic E-state index is -0.590. The third-order valence-corrected chi connectivity index (χ3v) is 4.90. The third kappa shape index (κ3) is 2.10. The normalized spacial score (nSPS) is 33.3. The van der Waals surface area contributed by atoms with Crippen LogP contribution in [-0.2, 0) is 4.79 Å². The molecule has 2 unspecified atom stereocenters. The van der Waals surface area contributed by atoms with Crippen LogP contribution in [0.4, 0.5) is 0 Å². The van der Waals surface area contributed by atoms with E-state index in [0.717, 1.165) is 31.5 Å². The first-order valence-electron chi connectivity index (χ1n) is 7.02. The highest BCUT2D eigenvalue weighted by molar-refractivity contribution is 5.80. The lowest BCUT2D eigenvalue weighted by molar-refractivity contribution is -0.139. The first-order chi connectivity index (χ1) is 8.97. The minimum absolute atomic E-state index is 0.0932. The van der Waals surface area contributed by atoms with Crippen LogP contribution < -0.4 is 5.73 Å². The van der Waals surface area contributed by atoms with Crippen LogP contribution in [0, 0.1) is 0 Å². The van der Waals surface area contributed by atoms with Crippen molar-refractivity contribution in [1.29, 1.82) is 0 Å². The summed E-state index contributed by atoms with van der Waals surface area (Å²) in [6.07, 6.45) is 3.19. The molecule has 1 amide bonds. The van der Waals surface area contributed by atoms with Gasteiger partial charge in [0, 0.05) is 6.54 Å². The average molecular weight is 267 g/mol. The summed E-state index contributed by atoms with van der Waals surface area (Å²) in [6, 6.07) is -0.456. The second kappa shape index (κ2) is 5.23. The van der Waals surface area contributed by atoms with Gasteiger partial charge in [0.15, 0.2) is 0 Å². The van der Waals surface area contributed by atoms with E-state index < -0.39 is 11.9 Å². The fraction of sp³-hybridized carbons (Fsp3) is 0.786. The van der Waals surface area contributed by atoms with Crippen molar-refractivity contribution in [1.82, 2.24) is 9.80 Å².